The summed E-state index contributed by atoms with van der Waals surface area (Å²) in [6, 6.07) is 3.87. The van der Waals surface area contributed by atoms with E-state index in [0.717, 1.165) is 28.5 Å². The third-order valence-electron chi connectivity index (χ3n) is 2.39. The van der Waals surface area contributed by atoms with Crippen molar-refractivity contribution in [3.05, 3.63) is 35.8 Å². The predicted molar refractivity (Wildman–Crippen MR) is 64.3 cm³/mol. The van der Waals surface area contributed by atoms with Crippen molar-refractivity contribution in [1.29, 1.82) is 0 Å². The largest absolute Gasteiger partial charge is 0.373 e. The molecular formula is C12H14N4. The molecule has 0 aliphatic rings. The van der Waals surface area contributed by atoms with Crippen LogP contribution in [0.2, 0.25) is 0 Å². The maximum absolute atomic E-state index is 4.42. The van der Waals surface area contributed by atoms with Gasteiger partial charge in [0.15, 0.2) is 5.82 Å². The maximum atomic E-state index is 4.42. The van der Waals surface area contributed by atoms with Crippen LogP contribution in [0.4, 0.5) is 5.82 Å². The molecule has 0 spiro atoms. The molecule has 0 aliphatic carbocycles. The second kappa shape index (κ2) is 4.26. The van der Waals surface area contributed by atoms with Crippen LogP contribution in [-0.2, 0) is 0 Å². The molecule has 2 aromatic rings. The molecule has 0 unspecified atom stereocenters. The van der Waals surface area contributed by atoms with Crippen molar-refractivity contribution in [2.45, 2.75) is 13.8 Å². The zero-order valence-corrected chi connectivity index (χ0v) is 9.65. The number of rotatable bonds is 2. The molecule has 0 radical (unpaired) electrons. The number of anilines is 1. The normalized spacial score (nSPS) is 10.2. The van der Waals surface area contributed by atoms with Crippen molar-refractivity contribution in [2.24, 2.45) is 0 Å². The van der Waals surface area contributed by atoms with E-state index in [2.05, 4.69) is 20.3 Å². The van der Waals surface area contributed by atoms with Crippen LogP contribution in [0, 0.1) is 13.8 Å². The quantitative estimate of drug-likeness (QED) is 0.832. The molecule has 0 aromatic carbocycles. The summed E-state index contributed by atoms with van der Waals surface area (Å²) in [7, 11) is 1.85. The summed E-state index contributed by atoms with van der Waals surface area (Å²) < 4.78 is 0. The van der Waals surface area contributed by atoms with E-state index in [4.69, 9.17) is 0 Å². The fourth-order valence-electron chi connectivity index (χ4n) is 1.52. The Morgan fingerprint density at radius 1 is 1.19 bits per heavy atom. The minimum atomic E-state index is 0.718. The van der Waals surface area contributed by atoms with Crippen molar-refractivity contribution in [3.8, 4) is 11.4 Å². The molecular weight excluding hydrogens is 200 g/mol. The average molecular weight is 214 g/mol. The second-order valence-corrected chi connectivity index (χ2v) is 3.66. The summed E-state index contributed by atoms with van der Waals surface area (Å²) in [4.78, 5) is 12.9. The van der Waals surface area contributed by atoms with Crippen molar-refractivity contribution in [2.75, 3.05) is 12.4 Å². The number of nitrogens with zero attached hydrogens (tertiary/aromatic N) is 3. The average Bonchev–Trinajstić information content (AvgIpc) is 2.28. The van der Waals surface area contributed by atoms with Gasteiger partial charge in [0.05, 0.1) is 0 Å². The van der Waals surface area contributed by atoms with E-state index in [1.807, 2.05) is 33.0 Å². The van der Waals surface area contributed by atoms with E-state index in [9.17, 15) is 0 Å². The second-order valence-electron chi connectivity index (χ2n) is 3.66. The van der Waals surface area contributed by atoms with E-state index in [-0.39, 0.29) is 0 Å². The van der Waals surface area contributed by atoms with Crippen molar-refractivity contribution in [1.82, 2.24) is 15.0 Å². The number of aromatic nitrogens is 3. The van der Waals surface area contributed by atoms with Gasteiger partial charge in [0.1, 0.15) is 5.82 Å². The van der Waals surface area contributed by atoms with Crippen LogP contribution in [0.25, 0.3) is 11.4 Å². The molecule has 0 saturated heterocycles. The van der Waals surface area contributed by atoms with Crippen molar-refractivity contribution >= 4 is 5.82 Å². The Bertz CT molecular complexity index is 508. The van der Waals surface area contributed by atoms with E-state index in [1.54, 1.807) is 12.4 Å². The van der Waals surface area contributed by atoms with Crippen LogP contribution < -0.4 is 5.32 Å². The van der Waals surface area contributed by atoms with Gasteiger partial charge in [0.25, 0.3) is 0 Å². The molecule has 4 heteroatoms. The Kier molecular flexibility index (Phi) is 2.81. The third-order valence-corrected chi connectivity index (χ3v) is 2.39. The van der Waals surface area contributed by atoms with Gasteiger partial charge >= 0.3 is 0 Å². The van der Waals surface area contributed by atoms with Crippen LogP contribution in [0.3, 0.4) is 0 Å². The number of hydrogen-bond donors (Lipinski definition) is 1. The first-order valence-electron chi connectivity index (χ1n) is 5.15. The molecule has 2 heterocycles. The highest BCUT2D eigenvalue weighted by Crippen LogP contribution is 2.20. The lowest BCUT2D eigenvalue weighted by Gasteiger charge is -2.07. The summed E-state index contributed by atoms with van der Waals surface area (Å²) in [5.41, 5.74) is 3.04. The lowest BCUT2D eigenvalue weighted by molar-refractivity contribution is 1.10. The topological polar surface area (TPSA) is 50.7 Å². The van der Waals surface area contributed by atoms with E-state index < -0.39 is 0 Å². The first-order valence-corrected chi connectivity index (χ1v) is 5.15. The maximum Gasteiger partial charge on any atom is 0.163 e. The monoisotopic (exact) mass is 214 g/mol. The number of aryl methyl sites for hydroxylation is 2. The predicted octanol–water partition coefficient (Wildman–Crippen LogP) is 2.20. The molecule has 2 rings (SSSR count). The van der Waals surface area contributed by atoms with Gasteiger partial charge in [0.2, 0.25) is 0 Å². The van der Waals surface area contributed by atoms with Gasteiger partial charge in [0, 0.05) is 36.8 Å². The SMILES string of the molecule is CNc1cc(C)nc(-c2cnccc2C)n1. The Balaban J connectivity index is 2.56. The molecule has 0 amide bonds. The van der Waals surface area contributed by atoms with Gasteiger partial charge in [-0.05, 0) is 25.5 Å². The van der Waals surface area contributed by atoms with E-state index >= 15 is 0 Å². The van der Waals surface area contributed by atoms with E-state index in [0.29, 0.717) is 0 Å². The Hall–Kier alpha value is -1.97. The van der Waals surface area contributed by atoms with E-state index in [1.165, 1.54) is 0 Å². The van der Waals surface area contributed by atoms with Crippen LogP contribution in [0.1, 0.15) is 11.3 Å². The molecule has 16 heavy (non-hydrogen) atoms. The Morgan fingerprint density at radius 3 is 2.69 bits per heavy atom. The summed E-state index contributed by atoms with van der Waals surface area (Å²) in [6.07, 6.45) is 3.57. The van der Waals surface area contributed by atoms with Gasteiger partial charge in [-0.15, -0.1) is 0 Å². The fourth-order valence-corrected chi connectivity index (χ4v) is 1.52. The molecule has 0 saturated carbocycles. The van der Waals surface area contributed by atoms with Crippen LogP contribution >= 0.6 is 0 Å². The molecule has 0 fully saturated rings. The lowest BCUT2D eigenvalue weighted by Crippen LogP contribution is -1.99. The lowest BCUT2D eigenvalue weighted by atomic mass is 10.1. The molecule has 1 N–H and O–H groups in total. The zero-order chi connectivity index (χ0) is 11.5. The molecule has 0 bridgehead atoms. The molecule has 0 aliphatic heterocycles. The van der Waals surface area contributed by atoms with Crippen LogP contribution in [0.5, 0.6) is 0 Å². The minimum Gasteiger partial charge on any atom is -0.373 e. The highest BCUT2D eigenvalue weighted by Gasteiger charge is 2.06. The number of hydrogen-bond acceptors (Lipinski definition) is 4. The number of nitrogens with one attached hydrogen (secondary N) is 1. The highest BCUT2D eigenvalue weighted by molar-refractivity contribution is 5.60. The summed E-state index contributed by atoms with van der Waals surface area (Å²) in [5.74, 6) is 1.54. The highest BCUT2D eigenvalue weighted by atomic mass is 15.0. The van der Waals surface area contributed by atoms with Crippen LogP contribution in [0.15, 0.2) is 24.5 Å². The Labute approximate surface area is 94.8 Å². The van der Waals surface area contributed by atoms with Gasteiger partial charge in [-0.1, -0.05) is 0 Å². The van der Waals surface area contributed by atoms with Crippen LogP contribution in [-0.4, -0.2) is 22.0 Å². The summed E-state index contributed by atoms with van der Waals surface area (Å²) in [5, 5.41) is 3.03. The van der Waals surface area contributed by atoms with Gasteiger partial charge in [-0.25, -0.2) is 9.97 Å². The number of pyridine rings is 1. The van der Waals surface area contributed by atoms with Crippen molar-refractivity contribution in [3.63, 3.8) is 0 Å². The third kappa shape index (κ3) is 2.00. The first kappa shape index (κ1) is 10.5. The molecule has 2 aromatic heterocycles. The Morgan fingerprint density at radius 2 is 2.00 bits per heavy atom. The van der Waals surface area contributed by atoms with Crippen molar-refractivity contribution < 1.29 is 0 Å². The molecule has 4 nitrogen and oxygen atoms in total. The minimum absolute atomic E-state index is 0.718. The fraction of sp³-hybridized carbons (Fsp3) is 0.250. The summed E-state index contributed by atoms with van der Waals surface area (Å²) in [6.45, 7) is 3.99. The summed E-state index contributed by atoms with van der Waals surface area (Å²) >= 11 is 0. The van der Waals surface area contributed by atoms with Gasteiger partial charge in [-0.2, -0.15) is 0 Å². The smallest absolute Gasteiger partial charge is 0.163 e. The van der Waals surface area contributed by atoms with Gasteiger partial charge in [-0.3, -0.25) is 4.98 Å². The zero-order valence-electron chi connectivity index (χ0n) is 9.65. The molecule has 0 atom stereocenters. The standard InChI is InChI=1S/C12H14N4/c1-8-4-5-14-7-10(8)12-15-9(2)6-11(13-3)16-12/h4-7H,1-3H3,(H,13,15,16). The molecule has 82 valence electrons. The first-order chi connectivity index (χ1) is 7.70. The van der Waals surface area contributed by atoms with Gasteiger partial charge < -0.3 is 5.32 Å².